The van der Waals surface area contributed by atoms with E-state index in [-0.39, 0.29) is 11.5 Å². The van der Waals surface area contributed by atoms with E-state index in [0.29, 0.717) is 34.9 Å². The van der Waals surface area contributed by atoms with Gasteiger partial charge in [0.1, 0.15) is 0 Å². The summed E-state index contributed by atoms with van der Waals surface area (Å²) in [5.41, 5.74) is 3.98. The van der Waals surface area contributed by atoms with Crippen molar-refractivity contribution in [2.75, 3.05) is 21.3 Å². The molecule has 0 fully saturated rings. The van der Waals surface area contributed by atoms with Gasteiger partial charge >= 0.3 is 0 Å². The van der Waals surface area contributed by atoms with Crippen LogP contribution in [0, 0.1) is 0 Å². The zero-order valence-corrected chi connectivity index (χ0v) is 16.0. The summed E-state index contributed by atoms with van der Waals surface area (Å²) in [5, 5.41) is 10.7. The molecule has 28 heavy (non-hydrogen) atoms. The van der Waals surface area contributed by atoms with Crippen molar-refractivity contribution in [3.63, 3.8) is 0 Å². The van der Waals surface area contributed by atoms with Crippen molar-refractivity contribution >= 4 is 22.8 Å². The number of carbonyl (C=O) groups excluding carboxylic acids is 1. The summed E-state index contributed by atoms with van der Waals surface area (Å²) in [6.07, 6.45) is 3.23. The molecule has 6 nitrogen and oxygen atoms in total. The van der Waals surface area contributed by atoms with Crippen molar-refractivity contribution in [2.24, 2.45) is 0 Å². The van der Waals surface area contributed by atoms with Crippen molar-refractivity contribution < 1.29 is 24.1 Å². The number of H-pyrrole nitrogens is 1. The number of benzene rings is 2. The molecule has 0 radical (unpaired) electrons. The van der Waals surface area contributed by atoms with Gasteiger partial charge in [-0.05, 0) is 48.2 Å². The Bertz CT molecular complexity index is 1110. The van der Waals surface area contributed by atoms with Crippen LogP contribution in [-0.2, 0) is 6.42 Å². The average molecular weight is 379 g/mol. The van der Waals surface area contributed by atoms with E-state index in [1.54, 1.807) is 32.4 Å². The summed E-state index contributed by atoms with van der Waals surface area (Å²) in [4.78, 5) is 16.3. The molecule has 4 rings (SSSR count). The molecule has 1 aliphatic carbocycles. The first-order chi connectivity index (χ1) is 13.5. The second-order valence-electron chi connectivity index (χ2n) is 6.66. The highest BCUT2D eigenvalue weighted by molar-refractivity contribution is 6.15. The predicted molar refractivity (Wildman–Crippen MR) is 107 cm³/mol. The first kappa shape index (κ1) is 18.0. The third kappa shape index (κ3) is 2.87. The Labute approximate surface area is 162 Å². The van der Waals surface area contributed by atoms with E-state index in [1.807, 2.05) is 18.2 Å². The van der Waals surface area contributed by atoms with Crippen molar-refractivity contribution in [2.45, 2.75) is 12.8 Å². The van der Waals surface area contributed by atoms with E-state index in [1.165, 1.54) is 7.11 Å². The summed E-state index contributed by atoms with van der Waals surface area (Å²) in [5.74, 6) is 1.68. The molecule has 2 aromatic carbocycles. The lowest BCUT2D eigenvalue weighted by Gasteiger charge is -2.15. The van der Waals surface area contributed by atoms with Crippen molar-refractivity contribution in [3.8, 4) is 23.0 Å². The van der Waals surface area contributed by atoms with Crippen LogP contribution in [0.3, 0.4) is 0 Å². The zero-order valence-electron chi connectivity index (χ0n) is 16.0. The molecule has 0 saturated heterocycles. The van der Waals surface area contributed by atoms with Crippen LogP contribution in [0.1, 0.15) is 28.0 Å². The van der Waals surface area contributed by atoms with Crippen LogP contribution in [0.15, 0.2) is 35.9 Å². The van der Waals surface area contributed by atoms with E-state index < -0.39 is 0 Å². The quantitative estimate of drug-likeness (QED) is 0.667. The third-order valence-corrected chi connectivity index (χ3v) is 5.12. The summed E-state index contributed by atoms with van der Waals surface area (Å²) >= 11 is 0. The average Bonchev–Trinajstić information content (AvgIpc) is 3.08. The molecule has 3 aromatic rings. The fourth-order valence-corrected chi connectivity index (χ4v) is 3.69. The number of fused-ring (bicyclic) bond motifs is 3. The van der Waals surface area contributed by atoms with Crippen molar-refractivity contribution in [1.29, 1.82) is 0 Å². The van der Waals surface area contributed by atoms with Crippen molar-refractivity contribution in [1.82, 2.24) is 4.98 Å². The number of phenolic OH excluding ortho intramolecular Hbond substituents is 1. The summed E-state index contributed by atoms with van der Waals surface area (Å²) in [7, 11) is 4.68. The number of rotatable bonds is 4. The van der Waals surface area contributed by atoms with Gasteiger partial charge in [-0.15, -0.1) is 0 Å². The number of Topliss-reactive ketones (excluding diaryl/α,β-unsaturated/α-hetero) is 1. The SMILES string of the molecule is COc1cc(/C=C2\CCc3c([nH]c4cc(OC)c(OC)cc34)C2=O)ccc1O. The Morgan fingerprint density at radius 3 is 2.39 bits per heavy atom. The number of ketones is 1. The number of methoxy groups -OCH3 is 3. The highest BCUT2D eigenvalue weighted by atomic mass is 16.5. The molecule has 0 aliphatic heterocycles. The number of nitrogens with one attached hydrogen (secondary N) is 1. The van der Waals surface area contributed by atoms with Gasteiger partial charge < -0.3 is 24.3 Å². The number of aromatic nitrogens is 1. The number of ether oxygens (including phenoxy) is 3. The minimum atomic E-state index is -0.0255. The number of aromatic amines is 1. The van der Waals surface area contributed by atoms with Crippen LogP contribution in [0.2, 0.25) is 0 Å². The van der Waals surface area contributed by atoms with E-state index in [9.17, 15) is 9.90 Å². The van der Waals surface area contributed by atoms with Gasteiger partial charge in [-0.1, -0.05) is 6.07 Å². The maximum atomic E-state index is 13.1. The maximum Gasteiger partial charge on any atom is 0.205 e. The van der Waals surface area contributed by atoms with Gasteiger partial charge in [-0.25, -0.2) is 0 Å². The number of allylic oxidation sites excluding steroid dienone is 1. The molecule has 1 heterocycles. The molecule has 0 unspecified atom stereocenters. The van der Waals surface area contributed by atoms with Crippen LogP contribution in [0.4, 0.5) is 0 Å². The standard InChI is InChI=1S/C22H21NO5/c1-26-18-9-12(4-7-17(18)24)8-13-5-6-14-15-10-19(27-2)20(28-3)11-16(15)23-21(14)22(13)25/h4,7-11,23-24H,5-6H2,1-3H3/b13-8+. The molecule has 6 heteroatoms. The van der Waals surface area contributed by atoms with Gasteiger partial charge in [0.15, 0.2) is 23.0 Å². The summed E-state index contributed by atoms with van der Waals surface area (Å²) in [6, 6.07) is 8.80. The lowest BCUT2D eigenvalue weighted by molar-refractivity contribution is 0.102. The smallest absolute Gasteiger partial charge is 0.205 e. The Morgan fingerprint density at radius 2 is 1.68 bits per heavy atom. The monoisotopic (exact) mass is 379 g/mol. The Kier molecular flexibility index (Phi) is 4.47. The van der Waals surface area contributed by atoms with Crippen LogP contribution in [-0.4, -0.2) is 37.2 Å². The molecular formula is C22H21NO5. The molecule has 1 aliphatic rings. The molecular weight excluding hydrogens is 358 g/mol. The van der Waals surface area contributed by atoms with Crippen molar-refractivity contribution in [3.05, 3.63) is 52.7 Å². The second-order valence-corrected chi connectivity index (χ2v) is 6.66. The zero-order chi connectivity index (χ0) is 19.8. The van der Waals surface area contributed by atoms with E-state index in [4.69, 9.17) is 14.2 Å². The Hall–Kier alpha value is -3.41. The maximum absolute atomic E-state index is 13.1. The van der Waals surface area contributed by atoms with Crippen LogP contribution in [0.25, 0.3) is 17.0 Å². The largest absolute Gasteiger partial charge is 0.504 e. The molecule has 1 aromatic heterocycles. The fourth-order valence-electron chi connectivity index (χ4n) is 3.69. The van der Waals surface area contributed by atoms with Crippen LogP contribution in [0.5, 0.6) is 23.0 Å². The van der Waals surface area contributed by atoms with Gasteiger partial charge in [0, 0.05) is 17.0 Å². The molecule has 0 spiro atoms. The fraction of sp³-hybridized carbons (Fsp3) is 0.227. The highest BCUT2D eigenvalue weighted by Crippen LogP contribution is 2.38. The molecule has 0 saturated carbocycles. The van der Waals surface area contributed by atoms with Crippen LogP contribution >= 0.6 is 0 Å². The van der Waals surface area contributed by atoms with E-state index in [0.717, 1.165) is 28.5 Å². The summed E-state index contributed by atoms with van der Waals surface area (Å²) < 4.78 is 15.9. The van der Waals surface area contributed by atoms with Gasteiger partial charge in [0.25, 0.3) is 0 Å². The third-order valence-electron chi connectivity index (χ3n) is 5.12. The molecule has 0 bridgehead atoms. The molecule has 144 valence electrons. The lowest BCUT2D eigenvalue weighted by Crippen LogP contribution is -2.13. The second kappa shape index (κ2) is 6.96. The van der Waals surface area contributed by atoms with Gasteiger partial charge in [0.2, 0.25) is 5.78 Å². The number of hydrogen-bond donors (Lipinski definition) is 2. The van der Waals surface area contributed by atoms with Crippen LogP contribution < -0.4 is 14.2 Å². The number of phenols is 1. The minimum absolute atomic E-state index is 0.0255. The van der Waals surface area contributed by atoms with E-state index in [2.05, 4.69) is 4.98 Å². The molecule has 2 N–H and O–H groups in total. The predicted octanol–water partition coefficient (Wildman–Crippen LogP) is 4.11. The molecule has 0 amide bonds. The Morgan fingerprint density at radius 1 is 0.964 bits per heavy atom. The highest BCUT2D eigenvalue weighted by Gasteiger charge is 2.27. The first-order valence-electron chi connectivity index (χ1n) is 8.94. The van der Waals surface area contributed by atoms with Gasteiger partial charge in [-0.2, -0.15) is 0 Å². The van der Waals surface area contributed by atoms with Gasteiger partial charge in [0.05, 0.1) is 32.5 Å². The number of aromatic hydroxyl groups is 1. The molecule has 0 atom stereocenters. The van der Waals surface area contributed by atoms with Gasteiger partial charge in [-0.3, -0.25) is 4.79 Å². The van der Waals surface area contributed by atoms with E-state index >= 15 is 0 Å². The summed E-state index contributed by atoms with van der Waals surface area (Å²) in [6.45, 7) is 0. The lowest BCUT2D eigenvalue weighted by atomic mass is 9.89. The number of carbonyl (C=O) groups is 1. The Balaban J connectivity index is 1.76. The first-order valence-corrected chi connectivity index (χ1v) is 8.94. The minimum Gasteiger partial charge on any atom is -0.504 e. The topological polar surface area (TPSA) is 80.8 Å². The normalized spacial score (nSPS) is 15.0. The number of hydrogen-bond acceptors (Lipinski definition) is 5. The number of aryl methyl sites for hydroxylation is 1.